The summed E-state index contributed by atoms with van der Waals surface area (Å²) in [5.41, 5.74) is -1.30. The van der Waals surface area contributed by atoms with Gasteiger partial charge < -0.3 is 10.2 Å². The molecule has 0 bridgehead atoms. The number of rotatable bonds is 14. The van der Waals surface area contributed by atoms with Crippen LogP contribution in [0.4, 0.5) is 61.2 Å². The fourth-order valence-electron chi connectivity index (χ4n) is 8.55. The van der Waals surface area contributed by atoms with E-state index in [1.54, 1.807) is 0 Å². The molecule has 2 aromatic carbocycles. The molecule has 1 saturated carbocycles. The summed E-state index contributed by atoms with van der Waals surface area (Å²) < 4.78 is 172. The first kappa shape index (κ1) is 44.9. The third kappa shape index (κ3) is 8.19. The van der Waals surface area contributed by atoms with Gasteiger partial charge in [-0.15, -0.1) is 0 Å². The molecule has 66 heavy (non-hydrogen) atoms. The standard InChI is InChI=1S/C40H32ClF10N11O3S/c1-59-32-27(6-4-23(41)30(32)36(57-59)58-66(2,64)65)61-14-18-3-5-24(25-7-8-60(55-25)16-39(48,49)38(46)47)53-35(18)54-37(61)26(11-17-9-19(42)12-20(43)10-17)52-28(63)15-62-33-29(31(56-62)34(44)45)21-13-22(21)40(33,50)51/h3-10,12,21-22,26,34,38H,11,13-16H2,1-2H3,(H,52,63)(H,57,58)/t21-,22+,26-/m0/s1. The number of nitrogens with zero attached hydrogens (tertiary/aromatic N) is 9. The van der Waals surface area contributed by atoms with E-state index in [1.807, 2.05) is 0 Å². The summed E-state index contributed by atoms with van der Waals surface area (Å²) in [6.07, 6.45) is -5.78. The summed E-state index contributed by atoms with van der Waals surface area (Å²) in [6.45, 7) is -2.65. The molecule has 0 saturated heterocycles. The highest BCUT2D eigenvalue weighted by atomic mass is 35.5. The number of carbonyl (C=O) groups is 1. The van der Waals surface area contributed by atoms with E-state index in [4.69, 9.17) is 16.6 Å². The average Bonchev–Trinajstić information content (AvgIpc) is 3.43. The van der Waals surface area contributed by atoms with Crippen LogP contribution in [0.2, 0.25) is 5.02 Å². The zero-order chi connectivity index (χ0) is 47.4. The second-order valence-electron chi connectivity index (χ2n) is 16.1. The number of fused-ring (bicyclic) bond motifs is 5. The van der Waals surface area contributed by atoms with Crippen molar-refractivity contribution in [3.05, 3.63) is 99.5 Å². The molecule has 1 aliphatic heterocycles. The lowest BCUT2D eigenvalue weighted by molar-refractivity contribution is -0.139. The molecule has 4 aromatic heterocycles. The van der Waals surface area contributed by atoms with Crippen LogP contribution in [0.25, 0.3) is 22.3 Å². The molecule has 5 heterocycles. The van der Waals surface area contributed by atoms with E-state index >= 15 is 8.78 Å². The number of aromatic nitrogens is 7. The third-order valence-electron chi connectivity index (χ3n) is 11.3. The van der Waals surface area contributed by atoms with Gasteiger partial charge in [-0.2, -0.15) is 32.9 Å². The Balaban J connectivity index is 1.18. The minimum atomic E-state index is -4.41. The first-order chi connectivity index (χ1) is 31.0. The predicted octanol–water partition coefficient (Wildman–Crippen LogP) is 7.86. The Labute approximate surface area is 371 Å². The highest BCUT2D eigenvalue weighted by Gasteiger charge is 2.67. The van der Waals surface area contributed by atoms with Crippen molar-refractivity contribution in [2.45, 2.75) is 69.1 Å². The topological polar surface area (TPSA) is 157 Å². The van der Waals surface area contributed by atoms with Gasteiger partial charge >= 0.3 is 12.3 Å². The maximum atomic E-state index is 15.5. The van der Waals surface area contributed by atoms with Crippen molar-refractivity contribution in [2.24, 2.45) is 18.0 Å². The Morgan fingerprint density at radius 3 is 2.41 bits per heavy atom. The van der Waals surface area contributed by atoms with Crippen LogP contribution < -0.4 is 14.9 Å². The summed E-state index contributed by atoms with van der Waals surface area (Å²) in [4.78, 5) is 25.0. The van der Waals surface area contributed by atoms with E-state index in [-0.39, 0.29) is 74.6 Å². The van der Waals surface area contributed by atoms with Crippen LogP contribution >= 0.6 is 11.6 Å². The van der Waals surface area contributed by atoms with Crippen molar-refractivity contribution in [3.8, 4) is 11.4 Å². The zero-order valence-corrected chi connectivity index (χ0v) is 35.5. The molecule has 0 unspecified atom stereocenters. The van der Waals surface area contributed by atoms with Gasteiger partial charge in [0.1, 0.15) is 47.6 Å². The summed E-state index contributed by atoms with van der Waals surface area (Å²) in [6, 6.07) is 8.17. The summed E-state index contributed by atoms with van der Waals surface area (Å²) in [5, 5.41) is 14.8. The van der Waals surface area contributed by atoms with Crippen LogP contribution in [0.5, 0.6) is 0 Å². The molecule has 2 aliphatic carbocycles. The van der Waals surface area contributed by atoms with Crippen molar-refractivity contribution in [2.75, 3.05) is 15.9 Å². The van der Waals surface area contributed by atoms with Crippen LogP contribution in [0.1, 0.15) is 46.8 Å². The van der Waals surface area contributed by atoms with Crippen molar-refractivity contribution in [1.82, 2.24) is 39.6 Å². The van der Waals surface area contributed by atoms with Crippen LogP contribution in [-0.2, 0) is 53.8 Å². The lowest BCUT2D eigenvalue weighted by Crippen LogP contribution is -2.51. The Hall–Kier alpha value is -6.24. The fraction of sp³-hybridized carbons (Fsp3) is 0.350. The van der Waals surface area contributed by atoms with Crippen molar-refractivity contribution in [1.29, 1.82) is 0 Å². The summed E-state index contributed by atoms with van der Waals surface area (Å²) >= 11 is 6.63. The lowest BCUT2D eigenvalue weighted by atomic mass is 10.0. The van der Waals surface area contributed by atoms with E-state index in [1.165, 1.54) is 47.0 Å². The number of amidine groups is 1. The number of amides is 1. The number of benzene rings is 2. The fourth-order valence-corrected chi connectivity index (χ4v) is 9.29. The number of pyridine rings is 1. The smallest absolute Gasteiger partial charge is 0.326 e. The number of alkyl halides is 8. The van der Waals surface area contributed by atoms with Crippen molar-refractivity contribution in [3.63, 3.8) is 0 Å². The molecule has 0 spiro atoms. The molecule has 9 rings (SSSR count). The van der Waals surface area contributed by atoms with Crippen LogP contribution in [0.3, 0.4) is 0 Å². The monoisotopic (exact) mass is 971 g/mol. The van der Waals surface area contributed by atoms with Crippen molar-refractivity contribution < 1.29 is 57.1 Å². The van der Waals surface area contributed by atoms with E-state index in [0.717, 1.165) is 24.6 Å². The number of anilines is 2. The number of hydrogen-bond donors (Lipinski definition) is 2. The lowest BCUT2D eigenvalue weighted by Gasteiger charge is -2.35. The SMILES string of the molecule is Cn1nc(NS(C)(=O)=O)c2c(Cl)ccc(N3Cc4ccc(-c5ccn(CC(F)(F)C(F)F)n5)nc4N=C3[C@H](Cc3cc(F)cc(F)c3)NC(=O)Cn3nc(C(F)F)c4c3C(F)(F)[C@@H]3C[C@H]43)c21. The van der Waals surface area contributed by atoms with Gasteiger partial charge in [0.05, 0.1) is 46.1 Å². The van der Waals surface area contributed by atoms with Gasteiger partial charge in [-0.25, -0.2) is 44.7 Å². The Morgan fingerprint density at radius 2 is 1.73 bits per heavy atom. The molecule has 0 radical (unpaired) electrons. The number of sulfonamides is 1. The molecule has 2 N–H and O–H groups in total. The molecule has 348 valence electrons. The van der Waals surface area contributed by atoms with E-state index in [9.17, 15) is 48.3 Å². The second kappa shape index (κ2) is 16.0. The van der Waals surface area contributed by atoms with Gasteiger partial charge in [0.15, 0.2) is 11.6 Å². The highest BCUT2D eigenvalue weighted by molar-refractivity contribution is 7.92. The quantitative estimate of drug-likeness (QED) is 0.105. The number of nitrogens with one attached hydrogen (secondary N) is 2. The van der Waals surface area contributed by atoms with Gasteiger partial charge in [0.25, 0.3) is 12.3 Å². The largest absolute Gasteiger partial charge is 0.344 e. The Bertz CT molecular complexity index is 3080. The molecule has 1 fully saturated rings. The number of aryl methyl sites for hydroxylation is 1. The minimum Gasteiger partial charge on any atom is -0.344 e. The molecular formula is C40H32ClF10N11O3S. The average molecular weight is 972 g/mol. The minimum absolute atomic E-state index is 0.0237. The van der Waals surface area contributed by atoms with Gasteiger partial charge in [0, 0.05) is 42.8 Å². The number of halogens is 11. The predicted molar refractivity (Wildman–Crippen MR) is 218 cm³/mol. The zero-order valence-electron chi connectivity index (χ0n) is 33.9. The first-order valence-electron chi connectivity index (χ1n) is 19.7. The molecule has 14 nitrogen and oxygen atoms in total. The molecule has 26 heteroatoms. The number of hydrogen-bond acceptors (Lipinski definition) is 9. The van der Waals surface area contributed by atoms with Crippen molar-refractivity contribution >= 4 is 61.6 Å². The third-order valence-corrected chi connectivity index (χ3v) is 12.2. The summed E-state index contributed by atoms with van der Waals surface area (Å²) in [5.74, 6) is -13.6. The van der Waals surface area contributed by atoms with Gasteiger partial charge in [-0.3, -0.25) is 23.6 Å². The highest BCUT2D eigenvalue weighted by Crippen LogP contribution is 2.68. The maximum absolute atomic E-state index is 15.5. The molecule has 6 aromatic rings. The van der Waals surface area contributed by atoms with Crippen LogP contribution in [0.15, 0.2) is 59.7 Å². The van der Waals surface area contributed by atoms with Gasteiger partial charge in [-0.1, -0.05) is 17.7 Å². The van der Waals surface area contributed by atoms with Gasteiger partial charge in [-0.05, 0) is 54.3 Å². The normalized spacial score (nSPS) is 18.1. The van der Waals surface area contributed by atoms with Crippen LogP contribution in [0, 0.1) is 17.6 Å². The van der Waals surface area contributed by atoms with E-state index in [0.29, 0.717) is 21.0 Å². The maximum Gasteiger partial charge on any atom is 0.326 e. The molecule has 1 amide bonds. The molecule has 3 aliphatic rings. The Kier molecular flexibility index (Phi) is 10.9. The summed E-state index contributed by atoms with van der Waals surface area (Å²) in [7, 11) is -2.45. The van der Waals surface area contributed by atoms with E-state index in [2.05, 4.69) is 30.3 Å². The first-order valence-corrected chi connectivity index (χ1v) is 22.0. The molecule has 3 atom stereocenters. The number of carbonyl (C=O) groups excluding carboxylic acids is 1. The molecular weight excluding hydrogens is 940 g/mol. The van der Waals surface area contributed by atoms with Gasteiger partial charge in [0.2, 0.25) is 15.9 Å². The van der Waals surface area contributed by atoms with Crippen LogP contribution in [-0.4, -0.2) is 79.1 Å². The number of aliphatic imine (C=N–C) groups is 1. The second-order valence-corrected chi connectivity index (χ2v) is 18.3. The Morgan fingerprint density at radius 1 is 1.00 bits per heavy atom. The van der Waals surface area contributed by atoms with E-state index < -0.39 is 101 Å².